The van der Waals surface area contributed by atoms with Crippen LogP contribution in [0.25, 0.3) is 33.3 Å². The number of anilines is 2. The summed E-state index contributed by atoms with van der Waals surface area (Å²) in [5, 5.41) is 13.5. The molecule has 0 saturated heterocycles. The Hall–Kier alpha value is -4.69. The van der Waals surface area contributed by atoms with Gasteiger partial charge in [-0.05, 0) is 60.5 Å². The molecule has 4 N–H and O–H groups in total. The number of hydrogen-bond acceptors (Lipinski definition) is 7. The molecule has 0 aliphatic heterocycles. The molecule has 0 aliphatic rings. The normalized spacial score (nSPS) is 10.9. The van der Waals surface area contributed by atoms with Gasteiger partial charge in [0.05, 0.1) is 29.1 Å². The molecule has 8 nitrogen and oxygen atoms in total. The summed E-state index contributed by atoms with van der Waals surface area (Å²) in [4.78, 5) is 29.8. The number of aryl methyl sites for hydroxylation is 1. The van der Waals surface area contributed by atoms with E-state index in [-0.39, 0.29) is 6.61 Å². The summed E-state index contributed by atoms with van der Waals surface area (Å²) in [5.41, 5.74) is 12.1. The summed E-state index contributed by atoms with van der Waals surface area (Å²) in [6.45, 7) is 1.70. The standard InChI is InChI=1S/C27H22N6O2/c1-16-22(26(28)35)13-20(14-30-16)19-5-6-24-23(12-19)25(18-7-9-29-10-8-18)33-27(32-24)31-21-4-2-3-17(11-21)15-34/h2-14,34H,15H2,1H3,(H2,28,35)(H,31,32,33). The molecule has 3 heterocycles. The lowest BCUT2D eigenvalue weighted by Crippen LogP contribution is -2.13. The molecule has 172 valence electrons. The number of amides is 1. The number of nitrogens with one attached hydrogen (secondary N) is 1. The molecule has 3 aromatic heterocycles. The minimum Gasteiger partial charge on any atom is -0.392 e. The molecule has 0 unspecified atom stereocenters. The SMILES string of the molecule is Cc1ncc(-c2ccc3nc(Nc4cccc(CO)c4)nc(-c4ccncc4)c3c2)cc1C(N)=O. The van der Waals surface area contributed by atoms with Gasteiger partial charge in [0.25, 0.3) is 5.91 Å². The van der Waals surface area contributed by atoms with E-state index >= 15 is 0 Å². The van der Waals surface area contributed by atoms with E-state index in [1.807, 2.05) is 54.6 Å². The van der Waals surface area contributed by atoms with Crippen molar-refractivity contribution in [2.75, 3.05) is 5.32 Å². The van der Waals surface area contributed by atoms with Gasteiger partial charge < -0.3 is 16.2 Å². The lowest BCUT2D eigenvalue weighted by Gasteiger charge is -2.13. The maximum Gasteiger partial charge on any atom is 0.250 e. The van der Waals surface area contributed by atoms with Crippen molar-refractivity contribution in [3.8, 4) is 22.4 Å². The van der Waals surface area contributed by atoms with Gasteiger partial charge in [0, 0.05) is 40.8 Å². The zero-order chi connectivity index (χ0) is 24.4. The van der Waals surface area contributed by atoms with Crippen molar-refractivity contribution in [1.82, 2.24) is 19.9 Å². The number of carbonyl (C=O) groups excluding carboxylic acids is 1. The maximum atomic E-state index is 11.8. The molecule has 35 heavy (non-hydrogen) atoms. The summed E-state index contributed by atoms with van der Waals surface area (Å²) in [6, 6.07) is 18.8. The number of aliphatic hydroxyl groups excluding tert-OH is 1. The van der Waals surface area contributed by atoms with Gasteiger partial charge in [-0.25, -0.2) is 9.97 Å². The lowest BCUT2D eigenvalue weighted by atomic mass is 10.00. The molecule has 0 aliphatic carbocycles. The van der Waals surface area contributed by atoms with Crippen LogP contribution in [0.3, 0.4) is 0 Å². The number of rotatable bonds is 6. The summed E-state index contributed by atoms with van der Waals surface area (Å²) >= 11 is 0. The molecular weight excluding hydrogens is 440 g/mol. The number of carbonyl (C=O) groups is 1. The highest BCUT2D eigenvalue weighted by molar-refractivity contribution is 5.98. The Morgan fingerprint density at radius 1 is 0.971 bits per heavy atom. The average molecular weight is 463 g/mol. The number of aliphatic hydroxyl groups is 1. The van der Waals surface area contributed by atoms with Crippen molar-refractivity contribution in [3.63, 3.8) is 0 Å². The first-order valence-electron chi connectivity index (χ1n) is 11.0. The van der Waals surface area contributed by atoms with Gasteiger partial charge in [-0.2, -0.15) is 0 Å². The third-order valence-electron chi connectivity index (χ3n) is 5.70. The van der Waals surface area contributed by atoms with Gasteiger partial charge in [0.2, 0.25) is 5.95 Å². The predicted octanol–water partition coefficient (Wildman–Crippen LogP) is 4.40. The molecule has 2 aromatic carbocycles. The Morgan fingerprint density at radius 3 is 2.57 bits per heavy atom. The zero-order valence-corrected chi connectivity index (χ0v) is 18.9. The zero-order valence-electron chi connectivity index (χ0n) is 18.9. The van der Waals surface area contributed by atoms with Crippen LogP contribution >= 0.6 is 0 Å². The van der Waals surface area contributed by atoms with Crippen molar-refractivity contribution in [3.05, 3.63) is 96.1 Å². The van der Waals surface area contributed by atoms with Gasteiger partial charge in [0.15, 0.2) is 0 Å². The first-order chi connectivity index (χ1) is 17.0. The first kappa shape index (κ1) is 22.1. The van der Waals surface area contributed by atoms with E-state index in [2.05, 4.69) is 15.3 Å². The number of aromatic nitrogens is 4. The second kappa shape index (κ2) is 9.28. The van der Waals surface area contributed by atoms with Gasteiger partial charge in [-0.1, -0.05) is 18.2 Å². The van der Waals surface area contributed by atoms with Crippen molar-refractivity contribution < 1.29 is 9.90 Å². The number of pyridine rings is 2. The number of benzene rings is 2. The van der Waals surface area contributed by atoms with Crippen LogP contribution in [-0.4, -0.2) is 30.9 Å². The fourth-order valence-corrected chi connectivity index (χ4v) is 3.91. The molecule has 5 aromatic rings. The van der Waals surface area contributed by atoms with E-state index in [9.17, 15) is 9.90 Å². The number of fused-ring (bicyclic) bond motifs is 1. The van der Waals surface area contributed by atoms with Crippen LogP contribution in [0.15, 0.2) is 79.3 Å². The maximum absolute atomic E-state index is 11.8. The molecule has 0 fully saturated rings. The number of primary amides is 1. The van der Waals surface area contributed by atoms with Crippen molar-refractivity contribution in [2.45, 2.75) is 13.5 Å². The van der Waals surface area contributed by atoms with Gasteiger partial charge in [0.1, 0.15) is 0 Å². The Kier molecular flexibility index (Phi) is 5.87. The summed E-state index contributed by atoms with van der Waals surface area (Å²) < 4.78 is 0. The van der Waals surface area contributed by atoms with E-state index in [4.69, 9.17) is 15.7 Å². The van der Waals surface area contributed by atoms with Crippen LogP contribution in [0, 0.1) is 6.92 Å². The monoisotopic (exact) mass is 462 g/mol. The Morgan fingerprint density at radius 2 is 1.80 bits per heavy atom. The highest BCUT2D eigenvalue weighted by Gasteiger charge is 2.14. The molecule has 0 bridgehead atoms. The van der Waals surface area contributed by atoms with Crippen LogP contribution in [0.4, 0.5) is 11.6 Å². The Balaban J connectivity index is 1.65. The molecule has 0 radical (unpaired) electrons. The molecule has 1 amide bonds. The molecule has 0 spiro atoms. The molecule has 5 rings (SSSR count). The lowest BCUT2D eigenvalue weighted by molar-refractivity contribution is 0.0999. The second-order valence-corrected chi connectivity index (χ2v) is 8.07. The third kappa shape index (κ3) is 4.55. The van der Waals surface area contributed by atoms with Crippen molar-refractivity contribution in [1.29, 1.82) is 0 Å². The smallest absolute Gasteiger partial charge is 0.250 e. The second-order valence-electron chi connectivity index (χ2n) is 8.07. The minimum atomic E-state index is -0.514. The van der Waals surface area contributed by atoms with Crippen LogP contribution in [-0.2, 0) is 6.61 Å². The topological polar surface area (TPSA) is 127 Å². The van der Waals surface area contributed by atoms with Crippen molar-refractivity contribution in [2.24, 2.45) is 5.73 Å². The van der Waals surface area contributed by atoms with Crippen LogP contribution in [0.1, 0.15) is 21.6 Å². The van der Waals surface area contributed by atoms with Crippen LogP contribution in [0.5, 0.6) is 0 Å². The Labute approximate surface area is 201 Å². The number of nitrogens with two attached hydrogens (primary N) is 1. The largest absolute Gasteiger partial charge is 0.392 e. The van der Waals surface area contributed by atoms with Gasteiger partial charge in [-0.3, -0.25) is 14.8 Å². The third-order valence-corrected chi connectivity index (χ3v) is 5.70. The molecular formula is C27H22N6O2. The predicted molar refractivity (Wildman–Crippen MR) is 135 cm³/mol. The summed E-state index contributed by atoms with van der Waals surface area (Å²) in [7, 11) is 0. The van der Waals surface area contributed by atoms with E-state index in [0.717, 1.165) is 44.5 Å². The van der Waals surface area contributed by atoms with Crippen molar-refractivity contribution >= 4 is 28.4 Å². The number of nitrogens with zero attached hydrogens (tertiary/aromatic N) is 4. The van der Waals surface area contributed by atoms with E-state index in [1.165, 1.54) is 0 Å². The minimum absolute atomic E-state index is 0.0511. The van der Waals surface area contributed by atoms with Gasteiger partial charge in [-0.15, -0.1) is 0 Å². The average Bonchev–Trinajstić information content (AvgIpc) is 2.88. The van der Waals surface area contributed by atoms with E-state index in [1.54, 1.807) is 31.6 Å². The van der Waals surface area contributed by atoms with E-state index < -0.39 is 5.91 Å². The van der Waals surface area contributed by atoms with Crippen LogP contribution in [0.2, 0.25) is 0 Å². The highest BCUT2D eigenvalue weighted by Crippen LogP contribution is 2.32. The molecule has 0 saturated carbocycles. The number of hydrogen-bond donors (Lipinski definition) is 3. The summed E-state index contributed by atoms with van der Waals surface area (Å²) in [6.07, 6.45) is 5.15. The fraction of sp³-hybridized carbons (Fsp3) is 0.0741. The van der Waals surface area contributed by atoms with Gasteiger partial charge >= 0.3 is 0 Å². The highest BCUT2D eigenvalue weighted by atomic mass is 16.3. The summed E-state index contributed by atoms with van der Waals surface area (Å²) in [5.74, 6) is -0.0837. The van der Waals surface area contributed by atoms with E-state index in [0.29, 0.717) is 17.2 Å². The quantitative estimate of drug-likeness (QED) is 0.341. The van der Waals surface area contributed by atoms with Crippen LogP contribution < -0.4 is 11.1 Å². The first-order valence-corrected chi connectivity index (χ1v) is 11.0. The Bertz CT molecular complexity index is 1550. The molecule has 0 atom stereocenters. The fourth-order valence-electron chi connectivity index (χ4n) is 3.91. The molecule has 8 heteroatoms.